The van der Waals surface area contributed by atoms with Crippen LogP contribution in [0.15, 0.2) is 176 Å². The SMILES string of the molecule is c1cncc(-c2cc3ccccc3cc2-c2c3c(cc4c2-c2ccccc2C42c4ccccc4-c4ccccc42)-c2cccc4cccc-3c24)c1. The Morgan fingerprint density at radius 2 is 0.902 bits per heavy atom. The maximum Gasteiger partial charge on any atom is 0.0725 e. The van der Waals surface area contributed by atoms with Gasteiger partial charge in [0.2, 0.25) is 0 Å². The summed E-state index contributed by atoms with van der Waals surface area (Å²) in [6, 6.07) is 61.5. The number of rotatable bonds is 2. The largest absolute Gasteiger partial charge is 0.264 e. The van der Waals surface area contributed by atoms with E-state index in [4.69, 9.17) is 0 Å². The van der Waals surface area contributed by atoms with E-state index in [0.717, 1.165) is 5.56 Å². The van der Waals surface area contributed by atoms with E-state index < -0.39 is 5.41 Å². The van der Waals surface area contributed by atoms with Crippen LogP contribution in [-0.4, -0.2) is 4.98 Å². The zero-order valence-corrected chi connectivity index (χ0v) is 27.7. The van der Waals surface area contributed by atoms with Gasteiger partial charge in [-0.15, -0.1) is 0 Å². The smallest absolute Gasteiger partial charge is 0.0725 e. The fourth-order valence-corrected chi connectivity index (χ4v) is 9.99. The van der Waals surface area contributed by atoms with E-state index in [1.165, 1.54) is 105 Å². The molecule has 8 aromatic carbocycles. The van der Waals surface area contributed by atoms with Gasteiger partial charge in [0.1, 0.15) is 0 Å². The number of benzene rings is 8. The summed E-state index contributed by atoms with van der Waals surface area (Å²) < 4.78 is 0. The van der Waals surface area contributed by atoms with Crippen LogP contribution in [0.3, 0.4) is 0 Å². The Labute approximate surface area is 296 Å². The highest BCUT2D eigenvalue weighted by molar-refractivity contribution is 6.22. The zero-order chi connectivity index (χ0) is 33.3. The average molecular weight is 644 g/mol. The molecule has 0 radical (unpaired) electrons. The first-order chi connectivity index (χ1) is 25.3. The third-order valence-corrected chi connectivity index (χ3v) is 11.9. The minimum absolute atomic E-state index is 0.448. The van der Waals surface area contributed by atoms with E-state index in [9.17, 15) is 0 Å². The molecule has 0 fully saturated rings. The van der Waals surface area contributed by atoms with Gasteiger partial charge in [0, 0.05) is 18.0 Å². The number of hydrogen-bond donors (Lipinski definition) is 0. The van der Waals surface area contributed by atoms with Gasteiger partial charge in [-0.3, -0.25) is 4.98 Å². The molecule has 1 heteroatoms. The zero-order valence-electron chi connectivity index (χ0n) is 27.7. The molecule has 3 aliphatic carbocycles. The van der Waals surface area contributed by atoms with Crippen molar-refractivity contribution in [2.45, 2.75) is 5.41 Å². The first-order valence-electron chi connectivity index (χ1n) is 17.8. The van der Waals surface area contributed by atoms with Crippen LogP contribution in [0, 0.1) is 0 Å². The van der Waals surface area contributed by atoms with Gasteiger partial charge in [-0.25, -0.2) is 0 Å². The van der Waals surface area contributed by atoms with Crippen LogP contribution < -0.4 is 0 Å². The molecule has 1 aromatic heterocycles. The molecule has 1 heterocycles. The Morgan fingerprint density at radius 1 is 0.333 bits per heavy atom. The molecule has 0 unspecified atom stereocenters. The molecule has 1 spiro atoms. The summed E-state index contributed by atoms with van der Waals surface area (Å²) in [5.74, 6) is 0. The standard InChI is InChI=1S/C50H29N/c1-2-13-32-27-40(39(26-31(32)12-1)33-16-11-25-51-29-33)49-47-38-21-10-15-30-14-9-20-36(46(30)38)41(47)28-45-48(49)37-19-5-8-24-44(37)50(45)42-22-6-3-17-34(42)35-18-4-7-23-43(35)50/h1-29H. The topological polar surface area (TPSA) is 12.9 Å². The summed E-state index contributed by atoms with van der Waals surface area (Å²) in [6.45, 7) is 0. The van der Waals surface area contributed by atoms with E-state index in [1.54, 1.807) is 0 Å². The van der Waals surface area contributed by atoms with Crippen molar-refractivity contribution >= 4 is 21.5 Å². The van der Waals surface area contributed by atoms with Crippen LogP contribution in [0.25, 0.3) is 88.3 Å². The molecule has 12 rings (SSSR count). The van der Waals surface area contributed by atoms with Gasteiger partial charge in [0.15, 0.2) is 0 Å². The highest BCUT2D eigenvalue weighted by Crippen LogP contribution is 2.67. The van der Waals surface area contributed by atoms with Crippen LogP contribution >= 0.6 is 0 Å². The highest BCUT2D eigenvalue weighted by atomic mass is 14.6. The van der Waals surface area contributed by atoms with Gasteiger partial charge in [-0.05, 0) is 129 Å². The molecule has 51 heavy (non-hydrogen) atoms. The first-order valence-corrected chi connectivity index (χ1v) is 17.8. The van der Waals surface area contributed by atoms with Crippen LogP contribution in [0.2, 0.25) is 0 Å². The second kappa shape index (κ2) is 9.78. The molecule has 3 aliphatic rings. The van der Waals surface area contributed by atoms with Gasteiger partial charge >= 0.3 is 0 Å². The molecular formula is C50H29N. The van der Waals surface area contributed by atoms with Crippen molar-refractivity contribution in [3.8, 4) is 66.8 Å². The van der Waals surface area contributed by atoms with Gasteiger partial charge < -0.3 is 0 Å². The Morgan fingerprint density at radius 3 is 1.59 bits per heavy atom. The summed E-state index contributed by atoms with van der Waals surface area (Å²) in [7, 11) is 0. The molecule has 0 amide bonds. The maximum absolute atomic E-state index is 4.63. The molecule has 0 saturated carbocycles. The number of hydrogen-bond acceptors (Lipinski definition) is 1. The van der Waals surface area contributed by atoms with Crippen molar-refractivity contribution in [2.75, 3.05) is 0 Å². The molecule has 1 nitrogen and oxygen atoms in total. The lowest BCUT2D eigenvalue weighted by molar-refractivity contribution is 0.794. The Balaban J connectivity index is 1.33. The first kappa shape index (κ1) is 27.3. The van der Waals surface area contributed by atoms with Crippen molar-refractivity contribution in [1.82, 2.24) is 4.98 Å². The highest BCUT2D eigenvalue weighted by Gasteiger charge is 2.53. The van der Waals surface area contributed by atoms with Crippen LogP contribution in [0.5, 0.6) is 0 Å². The average Bonchev–Trinajstić information content (AvgIpc) is 3.80. The Hall–Kier alpha value is -6.57. The minimum atomic E-state index is -0.448. The summed E-state index contributed by atoms with van der Waals surface area (Å²) in [5, 5.41) is 5.09. The van der Waals surface area contributed by atoms with Gasteiger partial charge in [-0.1, -0.05) is 140 Å². The molecule has 234 valence electrons. The second-order valence-electron chi connectivity index (χ2n) is 14.2. The van der Waals surface area contributed by atoms with Crippen molar-refractivity contribution in [3.63, 3.8) is 0 Å². The third kappa shape index (κ3) is 3.34. The predicted octanol–water partition coefficient (Wildman–Crippen LogP) is 12.7. The van der Waals surface area contributed by atoms with Gasteiger partial charge in [-0.2, -0.15) is 0 Å². The predicted molar refractivity (Wildman–Crippen MR) is 211 cm³/mol. The monoisotopic (exact) mass is 643 g/mol. The van der Waals surface area contributed by atoms with E-state index in [-0.39, 0.29) is 0 Å². The van der Waals surface area contributed by atoms with Crippen LogP contribution in [-0.2, 0) is 5.41 Å². The van der Waals surface area contributed by atoms with E-state index >= 15 is 0 Å². The Bertz CT molecular complexity index is 2920. The lowest BCUT2D eigenvalue weighted by Crippen LogP contribution is -2.26. The molecular weight excluding hydrogens is 615 g/mol. The molecule has 0 atom stereocenters. The molecule has 0 N–H and O–H groups in total. The van der Waals surface area contributed by atoms with E-state index in [2.05, 4.69) is 169 Å². The maximum atomic E-state index is 4.63. The lowest BCUT2D eigenvalue weighted by atomic mass is 9.69. The summed E-state index contributed by atoms with van der Waals surface area (Å²) in [5.41, 5.74) is 20.4. The fourth-order valence-electron chi connectivity index (χ4n) is 9.99. The van der Waals surface area contributed by atoms with Gasteiger partial charge in [0.05, 0.1) is 5.41 Å². The van der Waals surface area contributed by atoms with Crippen molar-refractivity contribution < 1.29 is 0 Å². The lowest BCUT2D eigenvalue weighted by Gasteiger charge is -2.31. The number of nitrogens with zero attached hydrogens (tertiary/aromatic N) is 1. The van der Waals surface area contributed by atoms with Gasteiger partial charge in [0.25, 0.3) is 0 Å². The fraction of sp³-hybridized carbons (Fsp3) is 0.0200. The normalized spacial score (nSPS) is 13.6. The van der Waals surface area contributed by atoms with E-state index in [0.29, 0.717) is 0 Å². The quantitative estimate of drug-likeness (QED) is 0.183. The number of pyridine rings is 1. The number of fused-ring (bicyclic) bond motifs is 14. The van der Waals surface area contributed by atoms with Crippen molar-refractivity contribution in [1.29, 1.82) is 0 Å². The van der Waals surface area contributed by atoms with E-state index in [1.807, 2.05) is 12.4 Å². The molecule has 0 bridgehead atoms. The Kier molecular flexibility index (Phi) is 5.23. The summed E-state index contributed by atoms with van der Waals surface area (Å²) in [6.07, 6.45) is 3.89. The third-order valence-electron chi connectivity index (χ3n) is 11.9. The molecule has 0 aliphatic heterocycles. The van der Waals surface area contributed by atoms with Crippen molar-refractivity contribution in [2.24, 2.45) is 0 Å². The van der Waals surface area contributed by atoms with Crippen LogP contribution in [0.4, 0.5) is 0 Å². The number of aromatic nitrogens is 1. The minimum Gasteiger partial charge on any atom is -0.264 e. The second-order valence-corrected chi connectivity index (χ2v) is 14.2. The van der Waals surface area contributed by atoms with Crippen LogP contribution in [0.1, 0.15) is 22.3 Å². The molecule has 0 saturated heterocycles. The van der Waals surface area contributed by atoms with Crippen molar-refractivity contribution in [3.05, 3.63) is 198 Å². The summed E-state index contributed by atoms with van der Waals surface area (Å²) >= 11 is 0. The summed E-state index contributed by atoms with van der Waals surface area (Å²) in [4.78, 5) is 4.63. The molecule has 9 aromatic rings.